The van der Waals surface area contributed by atoms with Crippen molar-refractivity contribution in [2.75, 3.05) is 0 Å². The summed E-state index contributed by atoms with van der Waals surface area (Å²) in [6, 6.07) is 16.3. The molecule has 0 saturated heterocycles. The fraction of sp³-hybridized carbons (Fsp3) is 0. The van der Waals surface area contributed by atoms with E-state index in [1.807, 2.05) is 30.3 Å². The van der Waals surface area contributed by atoms with Gasteiger partial charge in [-0.2, -0.15) is 0 Å². The Hall–Kier alpha value is -1.80. The predicted octanol–water partition coefficient (Wildman–Crippen LogP) is 3.88. The molecule has 0 aliphatic carbocycles. The minimum Gasteiger partial charge on any atom is -0.329 e. The van der Waals surface area contributed by atoms with E-state index in [0.29, 0.717) is 5.28 Å². The van der Waals surface area contributed by atoms with Crippen molar-refractivity contribution in [2.45, 2.75) is 0 Å². The van der Waals surface area contributed by atoms with Gasteiger partial charge in [-0.3, -0.25) is 0 Å². The van der Waals surface area contributed by atoms with E-state index in [4.69, 9.17) is 11.6 Å². The Morgan fingerprint density at radius 2 is 1.75 bits per heavy atom. The molecule has 0 radical (unpaired) electrons. The molecule has 0 bridgehead atoms. The zero-order valence-corrected chi connectivity index (χ0v) is 9.20. The number of fused-ring (bicyclic) bond motifs is 1. The van der Waals surface area contributed by atoms with E-state index < -0.39 is 0 Å². The van der Waals surface area contributed by atoms with Gasteiger partial charge in [0, 0.05) is 0 Å². The van der Waals surface area contributed by atoms with Gasteiger partial charge < -0.3 is 4.98 Å². The van der Waals surface area contributed by atoms with Crippen molar-refractivity contribution in [3.63, 3.8) is 0 Å². The summed E-state index contributed by atoms with van der Waals surface area (Å²) in [5, 5.41) is 0.431. The highest BCUT2D eigenvalue weighted by Crippen LogP contribution is 2.23. The molecular weight excluding hydrogens is 220 g/mol. The third kappa shape index (κ3) is 1.57. The maximum absolute atomic E-state index is 5.81. The molecule has 3 aromatic rings. The number of benzene rings is 2. The van der Waals surface area contributed by atoms with Crippen molar-refractivity contribution in [3.8, 4) is 11.1 Å². The summed E-state index contributed by atoms with van der Waals surface area (Å²) in [6.45, 7) is 0. The molecule has 3 rings (SSSR count). The zero-order chi connectivity index (χ0) is 11.0. The first kappa shape index (κ1) is 9.43. The van der Waals surface area contributed by atoms with Crippen LogP contribution < -0.4 is 0 Å². The molecule has 78 valence electrons. The molecule has 0 unspecified atom stereocenters. The van der Waals surface area contributed by atoms with Crippen molar-refractivity contribution < 1.29 is 0 Å². The van der Waals surface area contributed by atoms with Crippen LogP contribution in [0.1, 0.15) is 0 Å². The predicted molar refractivity (Wildman–Crippen MR) is 66.5 cm³/mol. The highest BCUT2D eigenvalue weighted by atomic mass is 35.5. The molecule has 1 heterocycles. The second-order valence-electron chi connectivity index (χ2n) is 3.63. The Labute approximate surface area is 97.9 Å². The van der Waals surface area contributed by atoms with Crippen molar-refractivity contribution in [2.24, 2.45) is 0 Å². The van der Waals surface area contributed by atoms with Gasteiger partial charge in [0.05, 0.1) is 11.0 Å². The van der Waals surface area contributed by atoms with Crippen LogP contribution in [0.15, 0.2) is 48.5 Å². The Morgan fingerprint density at radius 3 is 2.56 bits per heavy atom. The second-order valence-corrected chi connectivity index (χ2v) is 3.98. The number of hydrogen-bond acceptors (Lipinski definition) is 1. The highest BCUT2D eigenvalue weighted by molar-refractivity contribution is 6.29. The Balaban J connectivity index is 2.18. The third-order valence-electron chi connectivity index (χ3n) is 2.56. The minimum absolute atomic E-state index is 0.431. The molecule has 16 heavy (non-hydrogen) atoms. The highest BCUT2D eigenvalue weighted by Gasteiger charge is 2.02. The van der Waals surface area contributed by atoms with Gasteiger partial charge in [-0.25, -0.2) is 4.98 Å². The fourth-order valence-electron chi connectivity index (χ4n) is 1.78. The Bertz CT molecular complexity index is 629. The van der Waals surface area contributed by atoms with Crippen molar-refractivity contribution in [1.82, 2.24) is 9.97 Å². The van der Waals surface area contributed by atoms with E-state index in [1.54, 1.807) is 0 Å². The van der Waals surface area contributed by atoms with Crippen LogP contribution >= 0.6 is 11.6 Å². The molecule has 0 saturated carbocycles. The molecular formula is C13H9ClN2. The second kappa shape index (κ2) is 3.65. The third-order valence-corrected chi connectivity index (χ3v) is 2.74. The summed E-state index contributed by atoms with van der Waals surface area (Å²) >= 11 is 5.81. The van der Waals surface area contributed by atoms with Crippen molar-refractivity contribution in [3.05, 3.63) is 53.8 Å². The molecule has 3 heteroatoms. The van der Waals surface area contributed by atoms with Crippen LogP contribution in [0.2, 0.25) is 5.28 Å². The van der Waals surface area contributed by atoms with E-state index in [1.165, 1.54) is 5.56 Å². The van der Waals surface area contributed by atoms with Gasteiger partial charge >= 0.3 is 0 Å². The molecule has 1 aromatic heterocycles. The van der Waals surface area contributed by atoms with E-state index in [0.717, 1.165) is 16.6 Å². The molecule has 1 N–H and O–H groups in total. The Kier molecular flexibility index (Phi) is 2.15. The van der Waals surface area contributed by atoms with Crippen LogP contribution in [0.4, 0.5) is 0 Å². The quantitative estimate of drug-likeness (QED) is 0.673. The number of H-pyrrole nitrogens is 1. The smallest absolute Gasteiger partial charge is 0.201 e. The average molecular weight is 229 g/mol. The van der Waals surface area contributed by atoms with Crippen LogP contribution in [0, 0.1) is 0 Å². The zero-order valence-electron chi connectivity index (χ0n) is 8.44. The van der Waals surface area contributed by atoms with Gasteiger partial charge in [0.25, 0.3) is 0 Å². The lowest BCUT2D eigenvalue weighted by Crippen LogP contribution is -1.77. The molecule has 0 spiro atoms. The van der Waals surface area contributed by atoms with E-state index in [2.05, 4.69) is 28.2 Å². The van der Waals surface area contributed by atoms with Crippen LogP contribution in [0.3, 0.4) is 0 Å². The molecule has 2 aromatic carbocycles. The van der Waals surface area contributed by atoms with Crippen LogP contribution in [0.25, 0.3) is 22.2 Å². The average Bonchev–Trinajstić information content (AvgIpc) is 2.69. The van der Waals surface area contributed by atoms with Crippen LogP contribution in [-0.2, 0) is 0 Å². The van der Waals surface area contributed by atoms with Crippen LogP contribution in [-0.4, -0.2) is 9.97 Å². The normalized spacial score (nSPS) is 10.8. The molecule has 0 amide bonds. The summed E-state index contributed by atoms with van der Waals surface area (Å²) < 4.78 is 0. The SMILES string of the molecule is Clc1nc2cc(-c3ccccc3)ccc2[nH]1. The number of nitrogens with one attached hydrogen (secondary N) is 1. The molecule has 0 fully saturated rings. The first-order valence-electron chi connectivity index (χ1n) is 5.03. The van der Waals surface area contributed by atoms with E-state index in [-0.39, 0.29) is 0 Å². The number of halogens is 1. The number of imidazole rings is 1. The lowest BCUT2D eigenvalue weighted by molar-refractivity contribution is 1.34. The topological polar surface area (TPSA) is 28.7 Å². The lowest BCUT2D eigenvalue weighted by atomic mass is 10.1. The van der Waals surface area contributed by atoms with E-state index >= 15 is 0 Å². The van der Waals surface area contributed by atoms with Gasteiger partial charge in [-0.1, -0.05) is 36.4 Å². The largest absolute Gasteiger partial charge is 0.329 e. The molecule has 2 nitrogen and oxygen atoms in total. The van der Waals surface area contributed by atoms with Gasteiger partial charge in [0.15, 0.2) is 0 Å². The number of aromatic nitrogens is 2. The lowest BCUT2D eigenvalue weighted by Gasteiger charge is -2.00. The van der Waals surface area contributed by atoms with Crippen molar-refractivity contribution >= 4 is 22.6 Å². The summed E-state index contributed by atoms with van der Waals surface area (Å²) in [6.07, 6.45) is 0. The van der Waals surface area contributed by atoms with Gasteiger partial charge in [0.1, 0.15) is 0 Å². The molecule has 0 aliphatic rings. The maximum atomic E-state index is 5.81. The summed E-state index contributed by atoms with van der Waals surface area (Å²) in [5.74, 6) is 0. The summed E-state index contributed by atoms with van der Waals surface area (Å²) in [5.41, 5.74) is 4.19. The number of nitrogens with zero attached hydrogens (tertiary/aromatic N) is 1. The number of aromatic amines is 1. The summed E-state index contributed by atoms with van der Waals surface area (Å²) in [4.78, 5) is 7.20. The summed E-state index contributed by atoms with van der Waals surface area (Å²) in [7, 11) is 0. The maximum Gasteiger partial charge on any atom is 0.201 e. The minimum atomic E-state index is 0.431. The number of hydrogen-bond donors (Lipinski definition) is 1. The standard InChI is InChI=1S/C13H9ClN2/c14-13-15-11-7-6-10(8-12(11)16-13)9-4-2-1-3-5-9/h1-8H,(H,15,16). The molecule has 0 aliphatic heterocycles. The number of rotatable bonds is 1. The molecule has 0 atom stereocenters. The van der Waals surface area contributed by atoms with Gasteiger partial charge in [0.2, 0.25) is 5.28 Å². The van der Waals surface area contributed by atoms with Crippen LogP contribution in [0.5, 0.6) is 0 Å². The Morgan fingerprint density at radius 1 is 0.938 bits per heavy atom. The first-order valence-corrected chi connectivity index (χ1v) is 5.41. The first-order chi connectivity index (χ1) is 7.83. The fourth-order valence-corrected chi connectivity index (χ4v) is 1.98. The van der Waals surface area contributed by atoms with Gasteiger partial charge in [-0.15, -0.1) is 0 Å². The van der Waals surface area contributed by atoms with Gasteiger partial charge in [-0.05, 0) is 34.9 Å². The van der Waals surface area contributed by atoms with E-state index in [9.17, 15) is 0 Å². The van der Waals surface area contributed by atoms with Crippen molar-refractivity contribution in [1.29, 1.82) is 0 Å². The monoisotopic (exact) mass is 228 g/mol.